The van der Waals surface area contributed by atoms with Crippen molar-refractivity contribution in [3.63, 3.8) is 0 Å². The van der Waals surface area contributed by atoms with Crippen molar-refractivity contribution in [3.05, 3.63) is 108 Å². The Labute approximate surface area is 173 Å². The van der Waals surface area contributed by atoms with Crippen LogP contribution in [0.4, 0.5) is 0 Å². The lowest BCUT2D eigenvalue weighted by Gasteiger charge is -2.37. The molecular weight excluding hydrogens is 362 g/mol. The molecule has 0 aliphatic heterocycles. The minimum atomic E-state index is -0.472. The molecule has 0 aliphatic carbocycles. The molecule has 0 aliphatic rings. The van der Waals surface area contributed by atoms with E-state index in [1.165, 1.54) is 16.7 Å². The van der Waals surface area contributed by atoms with Gasteiger partial charge in [0.05, 0.1) is 38.6 Å². The van der Waals surface area contributed by atoms with Crippen molar-refractivity contribution in [2.24, 2.45) is 0 Å². The van der Waals surface area contributed by atoms with Gasteiger partial charge in [-0.1, -0.05) is 91.0 Å². The van der Waals surface area contributed by atoms with Gasteiger partial charge in [-0.3, -0.25) is 5.32 Å². The SMILES string of the molecule is OCCOCCOCCNC(c1ccccc1)(c1ccccc1)c1ccccc1. The molecule has 0 heterocycles. The molecule has 3 aromatic carbocycles. The van der Waals surface area contributed by atoms with Gasteiger partial charge in [0.1, 0.15) is 0 Å². The van der Waals surface area contributed by atoms with Crippen LogP contribution in [0.25, 0.3) is 0 Å². The first-order valence-corrected chi connectivity index (χ1v) is 10.1. The van der Waals surface area contributed by atoms with Crippen LogP contribution in [-0.2, 0) is 15.0 Å². The Balaban J connectivity index is 1.83. The topological polar surface area (TPSA) is 50.7 Å². The fourth-order valence-electron chi connectivity index (χ4n) is 3.57. The summed E-state index contributed by atoms with van der Waals surface area (Å²) < 4.78 is 11.0. The molecule has 0 amide bonds. The second kappa shape index (κ2) is 11.5. The first-order valence-electron chi connectivity index (χ1n) is 10.1. The van der Waals surface area contributed by atoms with E-state index >= 15 is 0 Å². The zero-order valence-corrected chi connectivity index (χ0v) is 16.7. The van der Waals surface area contributed by atoms with Crippen molar-refractivity contribution in [2.45, 2.75) is 5.54 Å². The van der Waals surface area contributed by atoms with Crippen LogP contribution in [0.1, 0.15) is 16.7 Å². The van der Waals surface area contributed by atoms with E-state index in [0.717, 1.165) is 0 Å². The molecule has 4 heteroatoms. The predicted octanol–water partition coefficient (Wildman–Crippen LogP) is 3.59. The number of hydrogen-bond donors (Lipinski definition) is 2. The van der Waals surface area contributed by atoms with Gasteiger partial charge in [-0.15, -0.1) is 0 Å². The van der Waals surface area contributed by atoms with E-state index in [9.17, 15) is 0 Å². The van der Waals surface area contributed by atoms with Crippen molar-refractivity contribution in [2.75, 3.05) is 39.6 Å². The Kier molecular flexibility index (Phi) is 8.40. The molecule has 152 valence electrons. The van der Waals surface area contributed by atoms with Gasteiger partial charge >= 0.3 is 0 Å². The van der Waals surface area contributed by atoms with Crippen LogP contribution in [0, 0.1) is 0 Å². The van der Waals surface area contributed by atoms with Crippen LogP contribution >= 0.6 is 0 Å². The summed E-state index contributed by atoms with van der Waals surface area (Å²) in [5, 5.41) is 12.5. The first kappa shape index (κ1) is 21.2. The van der Waals surface area contributed by atoms with Crippen molar-refractivity contribution in [1.29, 1.82) is 0 Å². The average Bonchev–Trinajstić information content (AvgIpc) is 2.80. The second-order valence-corrected chi connectivity index (χ2v) is 6.72. The Hall–Kier alpha value is -2.50. The third-order valence-electron chi connectivity index (χ3n) is 4.86. The molecule has 29 heavy (non-hydrogen) atoms. The Morgan fingerprint density at radius 1 is 0.586 bits per heavy atom. The Bertz CT molecular complexity index is 713. The molecule has 0 radical (unpaired) electrons. The largest absolute Gasteiger partial charge is 0.394 e. The highest BCUT2D eigenvalue weighted by Crippen LogP contribution is 2.36. The summed E-state index contributed by atoms with van der Waals surface area (Å²) in [5.74, 6) is 0. The van der Waals surface area contributed by atoms with Gasteiger partial charge in [0.2, 0.25) is 0 Å². The molecule has 0 atom stereocenters. The van der Waals surface area contributed by atoms with E-state index in [1.807, 2.05) is 18.2 Å². The van der Waals surface area contributed by atoms with Crippen LogP contribution in [-0.4, -0.2) is 44.7 Å². The lowest BCUT2D eigenvalue weighted by molar-refractivity contribution is 0.0332. The molecule has 0 fully saturated rings. The molecule has 0 aromatic heterocycles. The van der Waals surface area contributed by atoms with Crippen molar-refractivity contribution in [3.8, 4) is 0 Å². The molecule has 0 spiro atoms. The molecular formula is C25H29NO3. The number of nitrogens with one attached hydrogen (secondary N) is 1. The quantitative estimate of drug-likeness (QED) is 0.366. The number of hydrogen-bond acceptors (Lipinski definition) is 4. The summed E-state index contributed by atoms with van der Waals surface area (Å²) in [6.07, 6.45) is 0. The van der Waals surface area contributed by atoms with E-state index in [2.05, 4.69) is 78.1 Å². The van der Waals surface area contributed by atoms with Crippen LogP contribution in [0.5, 0.6) is 0 Å². The normalized spacial score (nSPS) is 11.5. The number of aliphatic hydroxyl groups excluding tert-OH is 1. The minimum absolute atomic E-state index is 0.0370. The molecule has 2 N–H and O–H groups in total. The van der Waals surface area contributed by atoms with Crippen LogP contribution in [0.3, 0.4) is 0 Å². The fraction of sp³-hybridized carbons (Fsp3) is 0.280. The van der Waals surface area contributed by atoms with Gasteiger partial charge in [0, 0.05) is 6.54 Å². The van der Waals surface area contributed by atoms with Gasteiger partial charge < -0.3 is 14.6 Å². The molecule has 0 unspecified atom stereocenters. The predicted molar refractivity (Wildman–Crippen MR) is 116 cm³/mol. The molecule has 0 bridgehead atoms. The van der Waals surface area contributed by atoms with Crippen LogP contribution in [0.2, 0.25) is 0 Å². The van der Waals surface area contributed by atoms with Gasteiger partial charge in [0.15, 0.2) is 0 Å². The number of ether oxygens (including phenoxy) is 2. The smallest absolute Gasteiger partial charge is 0.0948 e. The standard InChI is InChI=1S/C25H29NO3/c27-17-19-29-21-20-28-18-16-26-25(22-10-4-1-5-11-22,23-12-6-2-7-13-23)24-14-8-3-9-15-24/h1-15,26-27H,16-21H2. The zero-order valence-electron chi connectivity index (χ0n) is 16.7. The maximum absolute atomic E-state index is 8.75. The highest BCUT2D eigenvalue weighted by Gasteiger charge is 2.35. The summed E-state index contributed by atoms with van der Waals surface area (Å²) in [7, 11) is 0. The third-order valence-corrected chi connectivity index (χ3v) is 4.86. The van der Waals surface area contributed by atoms with E-state index in [4.69, 9.17) is 14.6 Å². The summed E-state index contributed by atoms with van der Waals surface area (Å²) >= 11 is 0. The summed E-state index contributed by atoms with van der Waals surface area (Å²) in [4.78, 5) is 0. The maximum Gasteiger partial charge on any atom is 0.0948 e. The highest BCUT2D eigenvalue weighted by molar-refractivity contribution is 5.49. The van der Waals surface area contributed by atoms with E-state index in [0.29, 0.717) is 33.0 Å². The molecule has 0 saturated heterocycles. The number of benzene rings is 3. The minimum Gasteiger partial charge on any atom is -0.394 e. The molecule has 4 nitrogen and oxygen atoms in total. The summed E-state index contributed by atoms with van der Waals surface area (Å²) in [5.41, 5.74) is 3.08. The molecule has 0 saturated carbocycles. The number of aliphatic hydroxyl groups is 1. The maximum atomic E-state index is 8.75. The summed E-state index contributed by atoms with van der Waals surface area (Å²) in [6.45, 7) is 2.63. The van der Waals surface area contributed by atoms with Crippen molar-refractivity contribution < 1.29 is 14.6 Å². The lowest BCUT2D eigenvalue weighted by Crippen LogP contribution is -2.46. The summed E-state index contributed by atoms with van der Waals surface area (Å²) in [6, 6.07) is 31.6. The lowest BCUT2D eigenvalue weighted by atomic mass is 9.77. The third kappa shape index (κ3) is 5.52. The van der Waals surface area contributed by atoms with Gasteiger partial charge in [-0.05, 0) is 16.7 Å². The number of rotatable bonds is 12. The van der Waals surface area contributed by atoms with E-state index < -0.39 is 5.54 Å². The second-order valence-electron chi connectivity index (χ2n) is 6.72. The van der Waals surface area contributed by atoms with Crippen molar-refractivity contribution in [1.82, 2.24) is 5.32 Å². The van der Waals surface area contributed by atoms with Gasteiger partial charge in [-0.2, -0.15) is 0 Å². The molecule has 3 aromatic rings. The highest BCUT2D eigenvalue weighted by atomic mass is 16.5. The van der Waals surface area contributed by atoms with Gasteiger partial charge in [-0.25, -0.2) is 0 Å². The monoisotopic (exact) mass is 391 g/mol. The van der Waals surface area contributed by atoms with E-state index in [-0.39, 0.29) is 6.61 Å². The Morgan fingerprint density at radius 2 is 1.00 bits per heavy atom. The fourth-order valence-corrected chi connectivity index (χ4v) is 3.57. The molecule has 3 rings (SSSR count). The Morgan fingerprint density at radius 3 is 1.41 bits per heavy atom. The van der Waals surface area contributed by atoms with Crippen molar-refractivity contribution >= 4 is 0 Å². The first-order chi connectivity index (χ1) is 14.4. The van der Waals surface area contributed by atoms with Gasteiger partial charge in [0.25, 0.3) is 0 Å². The average molecular weight is 392 g/mol. The van der Waals surface area contributed by atoms with E-state index in [1.54, 1.807) is 0 Å². The zero-order chi connectivity index (χ0) is 20.2. The van der Waals surface area contributed by atoms with Crippen LogP contribution in [0.15, 0.2) is 91.0 Å². The van der Waals surface area contributed by atoms with Crippen LogP contribution < -0.4 is 5.32 Å².